The van der Waals surface area contributed by atoms with Gasteiger partial charge in [-0.2, -0.15) is 0 Å². The Morgan fingerprint density at radius 3 is 3.00 bits per heavy atom. The van der Waals surface area contributed by atoms with Crippen molar-refractivity contribution in [1.82, 2.24) is 10.6 Å². The van der Waals surface area contributed by atoms with Crippen molar-refractivity contribution in [3.8, 4) is 0 Å². The predicted octanol–water partition coefficient (Wildman–Crippen LogP) is 1.58. The molecule has 0 spiro atoms. The number of nitrogens with two attached hydrogens (primary N) is 1. The highest BCUT2D eigenvalue weighted by molar-refractivity contribution is 5.84. The van der Waals surface area contributed by atoms with Crippen LogP contribution in [0.25, 0.3) is 0 Å². The molecule has 0 bridgehead atoms. The van der Waals surface area contributed by atoms with Crippen molar-refractivity contribution in [3.05, 3.63) is 35.9 Å². The fourth-order valence-electron chi connectivity index (χ4n) is 3.89. The summed E-state index contributed by atoms with van der Waals surface area (Å²) in [5, 5.41) is 6.52. The molecular weight excluding hydrogens is 262 g/mol. The first-order valence-corrected chi connectivity index (χ1v) is 8.02. The van der Waals surface area contributed by atoms with Gasteiger partial charge in [0, 0.05) is 19.1 Å². The van der Waals surface area contributed by atoms with Crippen LogP contribution in [0.2, 0.25) is 0 Å². The lowest BCUT2D eigenvalue weighted by molar-refractivity contribution is -0.134. The first-order valence-electron chi connectivity index (χ1n) is 8.02. The maximum Gasteiger partial charge on any atom is 0.227 e. The number of carbonyl (C=O) groups is 1. The molecule has 3 atom stereocenters. The van der Waals surface area contributed by atoms with Crippen LogP contribution >= 0.6 is 0 Å². The van der Waals surface area contributed by atoms with Crippen LogP contribution in [-0.4, -0.2) is 25.5 Å². The quantitative estimate of drug-likeness (QED) is 0.787. The molecule has 0 radical (unpaired) electrons. The first-order chi connectivity index (χ1) is 10.2. The maximum absolute atomic E-state index is 12.7. The molecule has 2 aliphatic rings. The van der Waals surface area contributed by atoms with E-state index in [2.05, 4.69) is 10.6 Å². The number of nitrogens with one attached hydrogen (secondary N) is 2. The van der Waals surface area contributed by atoms with E-state index in [-0.39, 0.29) is 17.4 Å². The van der Waals surface area contributed by atoms with Gasteiger partial charge < -0.3 is 16.4 Å². The fourth-order valence-corrected chi connectivity index (χ4v) is 3.89. The van der Waals surface area contributed by atoms with E-state index in [9.17, 15) is 4.79 Å². The third-order valence-corrected chi connectivity index (χ3v) is 5.20. The molecule has 0 aromatic heterocycles. The van der Waals surface area contributed by atoms with Gasteiger partial charge in [0.25, 0.3) is 0 Å². The number of fused-ring (bicyclic) bond motifs is 1. The van der Waals surface area contributed by atoms with E-state index in [1.165, 1.54) is 12.8 Å². The van der Waals surface area contributed by atoms with Gasteiger partial charge in [0.1, 0.15) is 0 Å². The van der Waals surface area contributed by atoms with Crippen molar-refractivity contribution >= 4 is 5.91 Å². The minimum absolute atomic E-state index is 0.136. The largest absolute Gasteiger partial charge is 0.354 e. The summed E-state index contributed by atoms with van der Waals surface area (Å²) in [5.74, 6) is 0.697. The molecule has 1 aliphatic carbocycles. The summed E-state index contributed by atoms with van der Waals surface area (Å²) < 4.78 is 0. The summed E-state index contributed by atoms with van der Waals surface area (Å²) in [6.07, 6.45) is 4.60. The lowest BCUT2D eigenvalue weighted by Gasteiger charge is -2.37. The van der Waals surface area contributed by atoms with Crippen molar-refractivity contribution < 1.29 is 4.79 Å². The van der Waals surface area contributed by atoms with Gasteiger partial charge in [-0.1, -0.05) is 43.2 Å². The predicted molar refractivity (Wildman–Crippen MR) is 83.6 cm³/mol. The third-order valence-electron chi connectivity index (χ3n) is 5.20. The van der Waals surface area contributed by atoms with E-state index >= 15 is 0 Å². The molecule has 21 heavy (non-hydrogen) atoms. The van der Waals surface area contributed by atoms with Crippen molar-refractivity contribution in [2.24, 2.45) is 17.1 Å². The van der Waals surface area contributed by atoms with E-state index in [1.807, 2.05) is 30.3 Å². The number of hydrogen-bond donors (Lipinski definition) is 3. The monoisotopic (exact) mass is 287 g/mol. The Morgan fingerprint density at radius 1 is 1.38 bits per heavy atom. The Kier molecular flexibility index (Phi) is 4.27. The van der Waals surface area contributed by atoms with Crippen LogP contribution in [0.5, 0.6) is 0 Å². The summed E-state index contributed by atoms with van der Waals surface area (Å²) in [4.78, 5) is 12.7. The lowest BCUT2D eigenvalue weighted by atomic mass is 9.67. The van der Waals surface area contributed by atoms with Crippen molar-refractivity contribution in [2.45, 2.75) is 31.7 Å². The Labute approximate surface area is 126 Å². The van der Waals surface area contributed by atoms with Gasteiger partial charge in [0.05, 0.1) is 5.41 Å². The third kappa shape index (κ3) is 2.83. The molecule has 1 aromatic rings. The van der Waals surface area contributed by atoms with Crippen molar-refractivity contribution in [3.63, 3.8) is 0 Å². The first kappa shape index (κ1) is 14.5. The van der Waals surface area contributed by atoms with Crippen LogP contribution in [0, 0.1) is 11.3 Å². The molecule has 1 saturated carbocycles. The Hall–Kier alpha value is -1.39. The maximum atomic E-state index is 12.7. The summed E-state index contributed by atoms with van der Waals surface area (Å²) in [5.41, 5.74) is 7.06. The van der Waals surface area contributed by atoms with Crippen LogP contribution in [0.1, 0.15) is 37.3 Å². The Bertz CT molecular complexity index is 490. The number of rotatable bonds is 4. The minimum atomic E-state index is -0.186. The molecule has 1 aliphatic heterocycles. The normalized spacial score (nSPS) is 29.7. The van der Waals surface area contributed by atoms with Crippen LogP contribution in [0.4, 0.5) is 0 Å². The van der Waals surface area contributed by atoms with Crippen LogP contribution in [-0.2, 0) is 4.79 Å². The zero-order valence-electron chi connectivity index (χ0n) is 12.5. The summed E-state index contributed by atoms with van der Waals surface area (Å²) in [7, 11) is 0. The smallest absolute Gasteiger partial charge is 0.227 e. The highest BCUT2D eigenvalue weighted by Crippen LogP contribution is 2.43. The molecule has 1 heterocycles. The molecule has 4 N–H and O–H groups in total. The van der Waals surface area contributed by atoms with Crippen molar-refractivity contribution in [2.75, 3.05) is 19.6 Å². The van der Waals surface area contributed by atoms with Gasteiger partial charge in [-0.3, -0.25) is 4.79 Å². The van der Waals surface area contributed by atoms with E-state index in [1.54, 1.807) is 0 Å². The standard InChI is InChI=1S/C17H25N3O/c18-15(13-6-2-1-3-7-13)11-20-16(21)17-9-5-4-8-14(17)10-19-12-17/h1-3,6-7,14-15,19H,4-5,8-12,18H2,(H,20,21)/t14-,15?,17+/m0/s1. The molecule has 1 saturated heterocycles. The van der Waals surface area contributed by atoms with Gasteiger partial charge in [-0.25, -0.2) is 0 Å². The highest BCUT2D eigenvalue weighted by atomic mass is 16.2. The second-order valence-electron chi connectivity index (χ2n) is 6.46. The molecule has 3 rings (SSSR count). The highest BCUT2D eigenvalue weighted by Gasteiger charge is 2.49. The fraction of sp³-hybridized carbons (Fsp3) is 0.588. The number of carbonyl (C=O) groups excluding carboxylic acids is 1. The van der Waals surface area contributed by atoms with E-state index in [0.29, 0.717) is 12.5 Å². The average Bonchev–Trinajstić information content (AvgIpc) is 2.98. The second kappa shape index (κ2) is 6.16. The molecule has 1 aromatic carbocycles. The van der Waals surface area contributed by atoms with Crippen LogP contribution in [0.3, 0.4) is 0 Å². The zero-order valence-corrected chi connectivity index (χ0v) is 12.5. The van der Waals surface area contributed by atoms with E-state index < -0.39 is 0 Å². The van der Waals surface area contributed by atoms with Gasteiger partial charge in [0.2, 0.25) is 5.91 Å². The Morgan fingerprint density at radius 2 is 2.19 bits per heavy atom. The SMILES string of the molecule is NC(CNC(=O)[C@@]12CCCC[C@H]1CNC2)c1ccccc1. The average molecular weight is 287 g/mol. The van der Waals surface area contributed by atoms with E-state index in [0.717, 1.165) is 31.5 Å². The molecule has 4 nitrogen and oxygen atoms in total. The molecule has 1 unspecified atom stereocenters. The Balaban J connectivity index is 1.61. The van der Waals surface area contributed by atoms with Gasteiger partial charge in [-0.05, 0) is 30.9 Å². The summed E-state index contributed by atoms with van der Waals surface area (Å²) in [6, 6.07) is 9.82. The summed E-state index contributed by atoms with van der Waals surface area (Å²) >= 11 is 0. The molecule has 114 valence electrons. The number of benzene rings is 1. The number of hydrogen-bond acceptors (Lipinski definition) is 3. The van der Waals surface area contributed by atoms with Gasteiger partial charge in [-0.15, -0.1) is 0 Å². The second-order valence-corrected chi connectivity index (χ2v) is 6.46. The lowest BCUT2D eigenvalue weighted by Crippen LogP contribution is -2.49. The van der Waals surface area contributed by atoms with E-state index in [4.69, 9.17) is 5.73 Å². The van der Waals surface area contributed by atoms with Gasteiger partial charge >= 0.3 is 0 Å². The number of amides is 1. The molecule has 1 amide bonds. The molecule has 2 fully saturated rings. The van der Waals surface area contributed by atoms with Crippen LogP contribution < -0.4 is 16.4 Å². The van der Waals surface area contributed by atoms with Crippen LogP contribution in [0.15, 0.2) is 30.3 Å². The molecule has 4 heteroatoms. The molecular formula is C17H25N3O. The zero-order chi connectivity index (χ0) is 14.7. The topological polar surface area (TPSA) is 67.1 Å². The van der Waals surface area contributed by atoms with Gasteiger partial charge in [0.15, 0.2) is 0 Å². The minimum Gasteiger partial charge on any atom is -0.354 e. The summed E-state index contributed by atoms with van der Waals surface area (Å²) in [6.45, 7) is 2.32. The van der Waals surface area contributed by atoms with Crippen molar-refractivity contribution in [1.29, 1.82) is 0 Å².